The average Bonchev–Trinajstić information content (AvgIpc) is 3.28. The maximum Gasteiger partial charge on any atom is 0.339 e. The molecule has 2 fully saturated rings. The first-order valence-corrected chi connectivity index (χ1v) is 16.5. The van der Waals surface area contributed by atoms with Gasteiger partial charge in [-0.2, -0.15) is 0 Å². The molecule has 6 rings (SSSR count). The van der Waals surface area contributed by atoms with Gasteiger partial charge in [0.25, 0.3) is 7.44 Å². The topological polar surface area (TPSA) is 49.9 Å². The molecular formula is C36H37N2O3P. The highest BCUT2D eigenvalue weighted by Crippen LogP contribution is 2.68. The monoisotopic (exact) mass is 576 g/mol. The molecule has 42 heavy (non-hydrogen) atoms. The van der Waals surface area contributed by atoms with E-state index < -0.39 is 19.3 Å². The van der Waals surface area contributed by atoms with Crippen LogP contribution in [-0.2, 0) is 22.4 Å². The second-order valence-electron chi connectivity index (χ2n) is 11.1. The number of hydrogen-bond acceptors (Lipinski definition) is 3. The predicted octanol–water partition coefficient (Wildman–Crippen LogP) is 8.41. The molecule has 3 atom stereocenters. The average molecular weight is 577 g/mol. The maximum atomic E-state index is 16.1. The van der Waals surface area contributed by atoms with E-state index in [0.717, 1.165) is 42.4 Å². The fourth-order valence-electron chi connectivity index (χ4n) is 6.36. The Labute approximate surface area is 248 Å². The maximum absolute atomic E-state index is 16.1. The van der Waals surface area contributed by atoms with Crippen molar-refractivity contribution in [2.45, 2.75) is 56.7 Å². The summed E-state index contributed by atoms with van der Waals surface area (Å²) in [7, 11) is -3.51. The van der Waals surface area contributed by atoms with Gasteiger partial charge in [-0.05, 0) is 47.7 Å². The predicted molar refractivity (Wildman–Crippen MR) is 169 cm³/mol. The van der Waals surface area contributed by atoms with Gasteiger partial charge in [0, 0.05) is 25.2 Å². The lowest BCUT2D eigenvalue weighted by molar-refractivity contribution is 0.0482. The largest absolute Gasteiger partial charge is 0.444 e. The van der Waals surface area contributed by atoms with E-state index in [4.69, 9.17) is 4.74 Å². The van der Waals surface area contributed by atoms with Gasteiger partial charge in [0.15, 0.2) is 5.85 Å². The van der Waals surface area contributed by atoms with Crippen LogP contribution in [0.15, 0.2) is 127 Å². The zero-order valence-electron chi connectivity index (χ0n) is 23.7. The normalized spacial score (nSPS) is 21.1. The van der Waals surface area contributed by atoms with E-state index in [1.165, 1.54) is 0 Å². The first-order chi connectivity index (χ1) is 20.6. The van der Waals surface area contributed by atoms with Crippen molar-refractivity contribution in [2.75, 3.05) is 0 Å². The highest BCUT2D eigenvalue weighted by Gasteiger charge is 2.59. The number of fused-ring (bicyclic) bond motifs is 1. The Bertz CT molecular complexity index is 1470. The Kier molecular flexibility index (Phi) is 8.81. The molecule has 4 aromatic carbocycles. The summed E-state index contributed by atoms with van der Waals surface area (Å²) < 4.78 is 26.8. The molecule has 2 aliphatic rings. The minimum Gasteiger partial charge on any atom is -0.444 e. The highest BCUT2D eigenvalue weighted by atomic mass is 31.2. The SMILES string of the molecule is O=C(O[C@H](C=Cc1ccccc1)P1(=O)N(Cc2ccccc2)[C@H]2CCCC[C@@H]2N1Cc1ccccc1)c1ccccc1. The zero-order valence-corrected chi connectivity index (χ0v) is 24.6. The summed E-state index contributed by atoms with van der Waals surface area (Å²) in [4.78, 5) is 13.6. The van der Waals surface area contributed by atoms with Gasteiger partial charge in [0.1, 0.15) is 0 Å². The van der Waals surface area contributed by atoms with Gasteiger partial charge in [-0.25, -0.2) is 14.1 Å². The number of esters is 1. The Morgan fingerprint density at radius 1 is 0.714 bits per heavy atom. The summed E-state index contributed by atoms with van der Waals surface area (Å²) in [5, 5.41) is 0. The number of nitrogens with zero attached hydrogens (tertiary/aromatic N) is 2. The smallest absolute Gasteiger partial charge is 0.339 e. The molecule has 0 N–H and O–H groups in total. The second kappa shape index (κ2) is 13.0. The van der Waals surface area contributed by atoms with Crippen LogP contribution in [0.1, 0.15) is 52.7 Å². The third-order valence-corrected chi connectivity index (χ3v) is 11.7. The van der Waals surface area contributed by atoms with Gasteiger partial charge >= 0.3 is 5.97 Å². The van der Waals surface area contributed by atoms with Gasteiger partial charge in [0.2, 0.25) is 0 Å². The molecular weight excluding hydrogens is 539 g/mol. The molecule has 0 aromatic heterocycles. The molecule has 0 radical (unpaired) electrons. The van der Waals surface area contributed by atoms with Crippen LogP contribution in [-0.4, -0.2) is 33.2 Å². The van der Waals surface area contributed by atoms with E-state index in [-0.39, 0.29) is 12.1 Å². The van der Waals surface area contributed by atoms with Crippen LogP contribution in [0.25, 0.3) is 6.08 Å². The van der Waals surface area contributed by atoms with Crippen LogP contribution in [0, 0.1) is 0 Å². The number of ether oxygens (including phenoxy) is 1. The van der Waals surface area contributed by atoms with Crippen LogP contribution in [0.4, 0.5) is 0 Å². The minimum atomic E-state index is -3.51. The summed E-state index contributed by atoms with van der Waals surface area (Å²) in [5.74, 6) is -1.42. The van der Waals surface area contributed by atoms with Crippen LogP contribution >= 0.6 is 7.44 Å². The summed E-state index contributed by atoms with van der Waals surface area (Å²) >= 11 is 0. The summed E-state index contributed by atoms with van der Waals surface area (Å²) in [6, 6.07) is 39.6. The third-order valence-electron chi connectivity index (χ3n) is 8.39. The molecule has 1 saturated heterocycles. The van der Waals surface area contributed by atoms with Crippen molar-refractivity contribution in [1.82, 2.24) is 9.34 Å². The highest BCUT2D eigenvalue weighted by molar-refractivity contribution is 7.60. The molecule has 6 heteroatoms. The van der Waals surface area contributed by atoms with Crippen molar-refractivity contribution in [3.63, 3.8) is 0 Å². The molecule has 1 saturated carbocycles. The summed E-state index contributed by atoms with van der Waals surface area (Å²) in [5.41, 5.74) is 3.61. The minimum absolute atomic E-state index is 0.108. The Balaban J connectivity index is 1.47. The lowest BCUT2D eigenvalue weighted by atomic mass is 9.90. The summed E-state index contributed by atoms with van der Waals surface area (Å²) in [6.07, 6.45) is 7.92. The van der Waals surface area contributed by atoms with Crippen molar-refractivity contribution in [2.24, 2.45) is 0 Å². The molecule has 214 valence electrons. The molecule has 1 heterocycles. The van der Waals surface area contributed by atoms with Crippen LogP contribution < -0.4 is 0 Å². The number of rotatable bonds is 9. The van der Waals surface area contributed by atoms with Crippen molar-refractivity contribution in [3.05, 3.63) is 150 Å². The number of carbonyl (C=O) groups excluding carboxylic acids is 1. The van der Waals surface area contributed by atoms with Crippen molar-refractivity contribution in [3.8, 4) is 0 Å². The molecule has 0 spiro atoms. The Morgan fingerprint density at radius 3 is 1.67 bits per heavy atom. The third kappa shape index (κ3) is 6.05. The van der Waals surface area contributed by atoms with E-state index >= 15 is 4.57 Å². The van der Waals surface area contributed by atoms with E-state index in [9.17, 15) is 4.79 Å². The number of hydrogen-bond donors (Lipinski definition) is 0. The van der Waals surface area contributed by atoms with Crippen molar-refractivity contribution < 1.29 is 14.1 Å². The number of carbonyl (C=O) groups is 1. The first kappa shape index (κ1) is 28.4. The standard InChI is InChI=1S/C36H37N2O3P/c39-36(32-21-11-4-12-22-32)41-35(26-25-29-15-5-1-6-16-29)42(40)37(27-30-17-7-2-8-18-30)33-23-13-14-24-34(33)38(42)28-31-19-9-3-10-20-31/h1-12,15-22,25-26,33-35H,13-14,23-24,27-28H2/t33-,34-,35-/m0/s1. The quantitative estimate of drug-likeness (QED) is 0.148. The number of benzene rings is 4. The second-order valence-corrected chi connectivity index (χ2v) is 13.8. The van der Waals surface area contributed by atoms with Crippen LogP contribution in [0.5, 0.6) is 0 Å². The molecule has 0 bridgehead atoms. The molecule has 1 aliphatic carbocycles. The van der Waals surface area contributed by atoms with Gasteiger partial charge in [0.05, 0.1) is 5.56 Å². The Morgan fingerprint density at radius 2 is 1.17 bits per heavy atom. The van der Waals surface area contributed by atoms with Crippen LogP contribution in [0.2, 0.25) is 0 Å². The molecule has 0 amide bonds. The lowest BCUT2D eigenvalue weighted by Gasteiger charge is -2.36. The van der Waals surface area contributed by atoms with E-state index in [1.54, 1.807) is 12.1 Å². The van der Waals surface area contributed by atoms with Crippen molar-refractivity contribution >= 4 is 19.5 Å². The van der Waals surface area contributed by atoms with Gasteiger partial charge in [-0.15, -0.1) is 0 Å². The lowest BCUT2D eigenvalue weighted by Crippen LogP contribution is -2.39. The van der Waals surface area contributed by atoms with Crippen LogP contribution in [0.3, 0.4) is 0 Å². The zero-order chi connectivity index (χ0) is 28.8. The van der Waals surface area contributed by atoms with Gasteiger partial charge in [-0.1, -0.05) is 128 Å². The van der Waals surface area contributed by atoms with Gasteiger partial charge < -0.3 is 4.74 Å². The molecule has 1 aliphatic heterocycles. The fraction of sp³-hybridized carbons (Fsp3) is 0.250. The van der Waals surface area contributed by atoms with Gasteiger partial charge in [-0.3, -0.25) is 4.57 Å². The van der Waals surface area contributed by atoms with E-state index in [0.29, 0.717) is 18.7 Å². The molecule has 5 nitrogen and oxygen atoms in total. The fourth-order valence-corrected chi connectivity index (χ4v) is 9.90. The first-order valence-electron chi connectivity index (χ1n) is 14.8. The van der Waals surface area contributed by atoms with E-state index in [1.807, 2.05) is 97.1 Å². The molecule has 4 aromatic rings. The molecule has 0 unspecified atom stereocenters. The summed E-state index contributed by atoms with van der Waals surface area (Å²) in [6.45, 7) is 1.06. The van der Waals surface area contributed by atoms with E-state index in [2.05, 4.69) is 33.6 Å². The van der Waals surface area contributed by atoms with Crippen molar-refractivity contribution in [1.29, 1.82) is 0 Å². The Hall–Kier alpha value is -3.76.